The third kappa shape index (κ3) is 1.91. The number of aromatic nitrogens is 1. The first-order valence-corrected chi connectivity index (χ1v) is 5.46. The lowest BCUT2D eigenvalue weighted by Crippen LogP contribution is -1.75. The highest BCUT2D eigenvalue weighted by Crippen LogP contribution is 2.23. The first-order valence-electron chi connectivity index (χ1n) is 4.47. The molecule has 0 fully saturated rings. The highest BCUT2D eigenvalue weighted by Gasteiger charge is 1.99. The van der Waals surface area contributed by atoms with Gasteiger partial charge in [-0.05, 0) is 12.1 Å². The maximum atomic E-state index is 8.41. The van der Waals surface area contributed by atoms with E-state index in [1.54, 1.807) is 11.8 Å². The average Bonchev–Trinajstić information content (AvgIpc) is 2.60. The third-order valence-corrected chi connectivity index (χ3v) is 2.92. The van der Waals surface area contributed by atoms with Crippen molar-refractivity contribution in [3.63, 3.8) is 0 Å². The molecular weight excluding hydrogens is 192 g/mol. The second kappa shape index (κ2) is 4.21. The van der Waals surface area contributed by atoms with Crippen LogP contribution in [0, 0.1) is 11.3 Å². The van der Waals surface area contributed by atoms with E-state index in [4.69, 9.17) is 5.26 Å². The molecule has 1 aromatic carbocycles. The van der Waals surface area contributed by atoms with Gasteiger partial charge in [-0.1, -0.05) is 18.2 Å². The summed E-state index contributed by atoms with van der Waals surface area (Å²) in [7, 11) is 0. The van der Waals surface area contributed by atoms with Crippen molar-refractivity contribution in [2.24, 2.45) is 0 Å². The van der Waals surface area contributed by atoms with E-state index in [0.717, 1.165) is 16.3 Å². The number of nitrogens with one attached hydrogen (secondary N) is 1. The predicted molar refractivity (Wildman–Crippen MR) is 59.3 cm³/mol. The number of aromatic amines is 1. The molecule has 1 aromatic heterocycles. The Bertz CT molecular complexity index is 434. The molecular formula is C11H10N2S. The molecule has 0 aliphatic rings. The fourth-order valence-corrected chi connectivity index (χ4v) is 2.14. The minimum atomic E-state index is 0.597. The van der Waals surface area contributed by atoms with E-state index in [-0.39, 0.29) is 0 Å². The van der Waals surface area contributed by atoms with Gasteiger partial charge in [0.05, 0.1) is 11.1 Å². The number of thioether (sulfide) groups is 1. The molecule has 0 saturated carbocycles. The summed E-state index contributed by atoms with van der Waals surface area (Å²) in [5.74, 6) is 0.851. The molecule has 0 radical (unpaired) electrons. The Morgan fingerprint density at radius 2 is 2.21 bits per heavy atom. The van der Waals surface area contributed by atoms with Gasteiger partial charge < -0.3 is 4.98 Å². The number of nitriles is 1. The second-order valence-electron chi connectivity index (χ2n) is 2.98. The van der Waals surface area contributed by atoms with Crippen LogP contribution in [0.25, 0.3) is 10.9 Å². The molecule has 1 heterocycles. The van der Waals surface area contributed by atoms with Gasteiger partial charge in [-0.2, -0.15) is 5.26 Å². The van der Waals surface area contributed by atoms with E-state index in [1.807, 2.05) is 12.1 Å². The summed E-state index contributed by atoms with van der Waals surface area (Å²) in [6.07, 6.45) is 0.597. The van der Waals surface area contributed by atoms with Gasteiger partial charge in [0.1, 0.15) is 0 Å². The van der Waals surface area contributed by atoms with Gasteiger partial charge in [0, 0.05) is 23.1 Å². The smallest absolute Gasteiger partial charge is 0.0732 e. The molecule has 0 amide bonds. The number of para-hydroxylation sites is 1. The zero-order valence-corrected chi connectivity index (χ0v) is 8.47. The molecule has 2 aromatic rings. The summed E-state index contributed by atoms with van der Waals surface area (Å²) in [6.45, 7) is 0. The van der Waals surface area contributed by atoms with Crippen molar-refractivity contribution in [1.29, 1.82) is 5.26 Å². The first kappa shape index (κ1) is 9.17. The van der Waals surface area contributed by atoms with Crippen LogP contribution in [0.2, 0.25) is 0 Å². The molecule has 14 heavy (non-hydrogen) atoms. The molecule has 0 unspecified atom stereocenters. The van der Waals surface area contributed by atoms with Crippen LogP contribution in [0.1, 0.15) is 6.42 Å². The van der Waals surface area contributed by atoms with Gasteiger partial charge in [0.25, 0.3) is 0 Å². The fraction of sp³-hybridized carbons (Fsp3) is 0.182. The number of nitrogens with zero attached hydrogens (tertiary/aromatic N) is 1. The topological polar surface area (TPSA) is 39.6 Å². The highest BCUT2D eigenvalue weighted by atomic mass is 32.2. The number of benzene rings is 1. The molecule has 0 aliphatic heterocycles. The zero-order chi connectivity index (χ0) is 9.80. The van der Waals surface area contributed by atoms with Crippen LogP contribution in [0.5, 0.6) is 0 Å². The lowest BCUT2D eigenvalue weighted by molar-refractivity contribution is 1.20. The molecule has 0 atom stereocenters. The van der Waals surface area contributed by atoms with Crippen molar-refractivity contribution in [2.75, 3.05) is 5.75 Å². The molecule has 0 saturated heterocycles. The summed E-state index contributed by atoms with van der Waals surface area (Å²) >= 11 is 1.69. The van der Waals surface area contributed by atoms with Crippen LogP contribution in [0.4, 0.5) is 0 Å². The van der Waals surface area contributed by atoms with Crippen LogP contribution in [0.15, 0.2) is 35.4 Å². The van der Waals surface area contributed by atoms with Crippen molar-refractivity contribution < 1.29 is 0 Å². The standard InChI is InChI=1S/C11H10N2S/c12-6-3-7-14-11-8-9-4-1-2-5-10(9)13-11/h1-2,4-5,8,13H,3,7H2. The molecule has 1 N–H and O–H groups in total. The Balaban J connectivity index is 2.15. The SMILES string of the molecule is N#CCCSc1cc2ccccc2[nH]1. The van der Waals surface area contributed by atoms with Crippen molar-refractivity contribution in [2.45, 2.75) is 11.4 Å². The van der Waals surface area contributed by atoms with Crippen molar-refractivity contribution in [3.8, 4) is 6.07 Å². The Morgan fingerprint density at radius 3 is 3.00 bits per heavy atom. The summed E-state index contributed by atoms with van der Waals surface area (Å²) in [6, 6.07) is 12.4. The molecule has 0 bridgehead atoms. The molecule has 2 rings (SSSR count). The van der Waals surface area contributed by atoms with Gasteiger partial charge >= 0.3 is 0 Å². The number of hydrogen-bond donors (Lipinski definition) is 1. The van der Waals surface area contributed by atoms with E-state index < -0.39 is 0 Å². The maximum Gasteiger partial charge on any atom is 0.0732 e. The monoisotopic (exact) mass is 202 g/mol. The van der Waals surface area contributed by atoms with Crippen LogP contribution >= 0.6 is 11.8 Å². The average molecular weight is 202 g/mol. The molecule has 3 heteroatoms. The number of fused-ring (bicyclic) bond motifs is 1. The third-order valence-electron chi connectivity index (χ3n) is 1.98. The minimum Gasteiger partial charge on any atom is -0.350 e. The fourth-order valence-electron chi connectivity index (χ4n) is 1.33. The van der Waals surface area contributed by atoms with E-state index in [0.29, 0.717) is 6.42 Å². The van der Waals surface area contributed by atoms with Gasteiger partial charge in [0.2, 0.25) is 0 Å². The molecule has 2 nitrogen and oxygen atoms in total. The Labute approximate surface area is 86.9 Å². The Hall–Kier alpha value is -1.40. The number of H-pyrrole nitrogens is 1. The lowest BCUT2D eigenvalue weighted by atomic mass is 10.3. The van der Waals surface area contributed by atoms with Crippen LogP contribution < -0.4 is 0 Å². The summed E-state index contributed by atoms with van der Waals surface area (Å²) in [4.78, 5) is 3.31. The summed E-state index contributed by atoms with van der Waals surface area (Å²) in [5, 5.41) is 10.8. The quantitative estimate of drug-likeness (QED) is 0.613. The van der Waals surface area contributed by atoms with Crippen molar-refractivity contribution >= 4 is 22.7 Å². The number of rotatable bonds is 3. The van der Waals surface area contributed by atoms with E-state index in [1.165, 1.54) is 5.39 Å². The van der Waals surface area contributed by atoms with Gasteiger partial charge in [-0.25, -0.2) is 0 Å². The van der Waals surface area contributed by atoms with Crippen LogP contribution in [-0.4, -0.2) is 10.7 Å². The lowest BCUT2D eigenvalue weighted by Gasteiger charge is -1.91. The molecule has 0 spiro atoms. The summed E-state index contributed by atoms with van der Waals surface area (Å²) in [5.41, 5.74) is 1.16. The molecule has 70 valence electrons. The second-order valence-corrected chi connectivity index (χ2v) is 4.11. The van der Waals surface area contributed by atoms with Gasteiger partial charge in [0.15, 0.2) is 0 Å². The van der Waals surface area contributed by atoms with Gasteiger partial charge in [-0.15, -0.1) is 11.8 Å². The highest BCUT2D eigenvalue weighted by molar-refractivity contribution is 7.99. The minimum absolute atomic E-state index is 0.597. The van der Waals surface area contributed by atoms with E-state index in [2.05, 4.69) is 29.3 Å². The van der Waals surface area contributed by atoms with Crippen molar-refractivity contribution in [1.82, 2.24) is 4.98 Å². The Morgan fingerprint density at radius 1 is 1.36 bits per heavy atom. The Kier molecular flexibility index (Phi) is 2.76. The zero-order valence-electron chi connectivity index (χ0n) is 7.66. The molecule has 0 aliphatic carbocycles. The largest absolute Gasteiger partial charge is 0.350 e. The van der Waals surface area contributed by atoms with Crippen molar-refractivity contribution in [3.05, 3.63) is 30.3 Å². The van der Waals surface area contributed by atoms with E-state index in [9.17, 15) is 0 Å². The maximum absolute atomic E-state index is 8.41. The predicted octanol–water partition coefficient (Wildman–Crippen LogP) is 3.17. The van der Waals surface area contributed by atoms with Gasteiger partial charge in [-0.3, -0.25) is 0 Å². The van der Waals surface area contributed by atoms with Crippen LogP contribution in [0.3, 0.4) is 0 Å². The van der Waals surface area contributed by atoms with Crippen LogP contribution in [-0.2, 0) is 0 Å². The number of hydrogen-bond acceptors (Lipinski definition) is 2. The first-order chi connectivity index (χ1) is 6.90. The van der Waals surface area contributed by atoms with E-state index >= 15 is 0 Å². The normalized spacial score (nSPS) is 10.2. The summed E-state index contributed by atoms with van der Waals surface area (Å²) < 4.78 is 0.